The summed E-state index contributed by atoms with van der Waals surface area (Å²) in [6, 6.07) is 0. The van der Waals surface area contributed by atoms with Gasteiger partial charge in [-0.2, -0.15) is 0 Å². The molecule has 0 aromatic heterocycles. The number of carbonyl (C=O) groups is 1. The van der Waals surface area contributed by atoms with E-state index in [0.717, 1.165) is 32.1 Å². The minimum atomic E-state index is -0.547. The van der Waals surface area contributed by atoms with Crippen LogP contribution in [0.4, 0.5) is 0 Å². The van der Waals surface area contributed by atoms with Gasteiger partial charge >= 0.3 is 0 Å². The molecular weight excluding hydrogens is 288 g/mol. The first-order valence-electron chi connectivity index (χ1n) is 9.63. The van der Waals surface area contributed by atoms with Gasteiger partial charge in [0.15, 0.2) is 0 Å². The first-order chi connectivity index (χ1) is 10.8. The normalized spacial score (nSPS) is 54.5. The van der Waals surface area contributed by atoms with E-state index in [1.165, 1.54) is 6.42 Å². The molecule has 7 unspecified atom stereocenters. The standard InChI is InChI=1S/C20H32O3/c1-12-13-5-6-14-19(11-21)8-4-7-18(2,3)15(19)9-16(22)20(14,10-13)17(12)23/h12-16,21-22H,4-11H2,1-3H3. The highest BCUT2D eigenvalue weighted by molar-refractivity contribution is 5.91. The number of hydrogen-bond acceptors (Lipinski definition) is 3. The Kier molecular flexibility index (Phi) is 3.37. The van der Waals surface area contributed by atoms with E-state index in [4.69, 9.17) is 0 Å². The molecule has 0 heterocycles. The van der Waals surface area contributed by atoms with Crippen molar-refractivity contribution in [1.82, 2.24) is 0 Å². The smallest absolute Gasteiger partial charge is 0.144 e. The van der Waals surface area contributed by atoms with E-state index in [1.54, 1.807) is 0 Å². The molecule has 3 nitrogen and oxygen atoms in total. The molecule has 4 fully saturated rings. The van der Waals surface area contributed by atoms with E-state index >= 15 is 0 Å². The third-order valence-electron chi connectivity index (χ3n) is 8.77. The molecule has 4 rings (SSSR count). The quantitative estimate of drug-likeness (QED) is 0.780. The Hall–Kier alpha value is -0.410. The van der Waals surface area contributed by atoms with Gasteiger partial charge < -0.3 is 10.2 Å². The van der Waals surface area contributed by atoms with Crippen LogP contribution in [0.3, 0.4) is 0 Å². The zero-order valence-electron chi connectivity index (χ0n) is 14.8. The van der Waals surface area contributed by atoms with Crippen molar-refractivity contribution in [2.75, 3.05) is 6.61 Å². The van der Waals surface area contributed by atoms with Crippen LogP contribution in [-0.2, 0) is 4.79 Å². The molecule has 2 N–H and O–H groups in total. The van der Waals surface area contributed by atoms with E-state index in [-0.39, 0.29) is 29.3 Å². The Morgan fingerprint density at radius 3 is 2.61 bits per heavy atom. The summed E-state index contributed by atoms with van der Waals surface area (Å²) < 4.78 is 0. The van der Waals surface area contributed by atoms with Gasteiger partial charge in [-0.25, -0.2) is 0 Å². The maximum Gasteiger partial charge on any atom is 0.144 e. The average Bonchev–Trinajstić information content (AvgIpc) is 2.71. The predicted molar refractivity (Wildman–Crippen MR) is 88.7 cm³/mol. The second-order valence-corrected chi connectivity index (χ2v) is 9.82. The highest BCUT2D eigenvalue weighted by Crippen LogP contribution is 2.71. The summed E-state index contributed by atoms with van der Waals surface area (Å²) in [5.74, 6) is 1.38. The average molecular weight is 320 g/mol. The van der Waals surface area contributed by atoms with Gasteiger partial charge in [-0.05, 0) is 61.7 Å². The lowest BCUT2D eigenvalue weighted by atomic mass is 9.40. The Bertz CT molecular complexity index is 527. The lowest BCUT2D eigenvalue weighted by Crippen LogP contribution is -2.65. The van der Waals surface area contributed by atoms with Gasteiger partial charge in [-0.15, -0.1) is 0 Å². The fraction of sp³-hybridized carbons (Fsp3) is 0.950. The molecule has 0 aliphatic heterocycles. The molecule has 7 atom stereocenters. The van der Waals surface area contributed by atoms with Crippen molar-refractivity contribution in [3.63, 3.8) is 0 Å². The number of aliphatic hydroxyl groups is 2. The van der Waals surface area contributed by atoms with E-state index in [0.29, 0.717) is 24.0 Å². The number of rotatable bonds is 1. The first kappa shape index (κ1) is 16.1. The van der Waals surface area contributed by atoms with Crippen LogP contribution in [0.2, 0.25) is 0 Å². The van der Waals surface area contributed by atoms with Gasteiger partial charge in [0.25, 0.3) is 0 Å². The molecule has 0 aromatic carbocycles. The summed E-state index contributed by atoms with van der Waals surface area (Å²) in [4.78, 5) is 13.2. The van der Waals surface area contributed by atoms with Crippen molar-refractivity contribution in [3.05, 3.63) is 0 Å². The molecule has 130 valence electrons. The molecule has 4 saturated carbocycles. The first-order valence-corrected chi connectivity index (χ1v) is 9.63. The van der Waals surface area contributed by atoms with E-state index in [9.17, 15) is 15.0 Å². The highest BCUT2D eigenvalue weighted by atomic mass is 16.3. The topological polar surface area (TPSA) is 57.5 Å². The summed E-state index contributed by atoms with van der Waals surface area (Å²) >= 11 is 0. The molecular formula is C20H32O3. The summed E-state index contributed by atoms with van der Waals surface area (Å²) in [5, 5.41) is 21.7. The van der Waals surface area contributed by atoms with Crippen molar-refractivity contribution >= 4 is 5.78 Å². The molecule has 23 heavy (non-hydrogen) atoms. The van der Waals surface area contributed by atoms with Gasteiger partial charge in [0, 0.05) is 17.9 Å². The Morgan fingerprint density at radius 1 is 1.17 bits per heavy atom. The number of carbonyl (C=O) groups excluding carboxylic acids is 1. The molecule has 0 amide bonds. The number of aliphatic hydroxyl groups excluding tert-OH is 2. The second kappa shape index (κ2) is 4.82. The van der Waals surface area contributed by atoms with Crippen LogP contribution in [0.1, 0.15) is 65.7 Å². The lowest BCUT2D eigenvalue weighted by Gasteiger charge is -2.65. The van der Waals surface area contributed by atoms with E-state index in [2.05, 4.69) is 20.8 Å². The SMILES string of the molecule is CC1C(=O)C23CC1CCC2C1(CO)CCCC(C)(C)C1CC3O. The van der Waals surface area contributed by atoms with Crippen LogP contribution < -0.4 is 0 Å². The van der Waals surface area contributed by atoms with Crippen LogP contribution in [0.15, 0.2) is 0 Å². The van der Waals surface area contributed by atoms with Crippen molar-refractivity contribution in [3.8, 4) is 0 Å². The van der Waals surface area contributed by atoms with E-state index < -0.39 is 11.5 Å². The fourth-order valence-corrected chi connectivity index (χ4v) is 7.69. The largest absolute Gasteiger partial charge is 0.396 e. The van der Waals surface area contributed by atoms with Crippen LogP contribution in [0, 0.1) is 39.9 Å². The molecule has 3 heteroatoms. The van der Waals surface area contributed by atoms with Crippen molar-refractivity contribution in [2.24, 2.45) is 39.9 Å². The minimum Gasteiger partial charge on any atom is -0.396 e. The molecule has 4 aliphatic carbocycles. The Labute approximate surface area is 139 Å². The van der Waals surface area contributed by atoms with Crippen LogP contribution in [-0.4, -0.2) is 28.7 Å². The molecule has 0 aromatic rings. The van der Waals surface area contributed by atoms with Crippen LogP contribution in [0.5, 0.6) is 0 Å². The Balaban J connectivity index is 1.85. The second-order valence-electron chi connectivity index (χ2n) is 9.82. The molecule has 0 radical (unpaired) electrons. The fourth-order valence-electron chi connectivity index (χ4n) is 7.69. The number of fused-ring (bicyclic) bond motifs is 3. The zero-order valence-corrected chi connectivity index (χ0v) is 14.8. The molecule has 0 saturated heterocycles. The van der Waals surface area contributed by atoms with Gasteiger partial charge in [-0.1, -0.05) is 27.2 Å². The lowest BCUT2D eigenvalue weighted by molar-refractivity contribution is -0.214. The maximum absolute atomic E-state index is 13.2. The Morgan fingerprint density at radius 2 is 1.91 bits per heavy atom. The van der Waals surface area contributed by atoms with Crippen molar-refractivity contribution < 1.29 is 15.0 Å². The predicted octanol–water partition coefficient (Wildman–Crippen LogP) is 3.18. The summed E-state index contributed by atoms with van der Waals surface area (Å²) in [6.07, 6.45) is 6.52. The zero-order chi connectivity index (χ0) is 16.6. The van der Waals surface area contributed by atoms with Crippen molar-refractivity contribution in [1.29, 1.82) is 0 Å². The van der Waals surface area contributed by atoms with Gasteiger partial charge in [0.05, 0.1) is 11.5 Å². The number of Topliss-reactive ketones (excluding diaryl/α,β-unsaturated/α-hetero) is 1. The number of ketones is 1. The molecule has 2 bridgehead atoms. The molecule has 4 aliphatic rings. The maximum atomic E-state index is 13.2. The number of hydrogen-bond donors (Lipinski definition) is 2. The monoisotopic (exact) mass is 320 g/mol. The van der Waals surface area contributed by atoms with Crippen molar-refractivity contribution in [2.45, 2.75) is 71.8 Å². The third kappa shape index (κ3) is 1.76. The highest BCUT2D eigenvalue weighted by Gasteiger charge is 2.71. The van der Waals surface area contributed by atoms with Crippen LogP contribution >= 0.6 is 0 Å². The minimum absolute atomic E-state index is 0.0959. The summed E-state index contributed by atoms with van der Waals surface area (Å²) in [5.41, 5.74) is -0.547. The van der Waals surface area contributed by atoms with E-state index in [1.807, 2.05) is 0 Å². The van der Waals surface area contributed by atoms with Gasteiger partial charge in [0.2, 0.25) is 0 Å². The third-order valence-corrected chi connectivity index (χ3v) is 8.77. The van der Waals surface area contributed by atoms with Gasteiger partial charge in [0.1, 0.15) is 5.78 Å². The molecule has 1 spiro atoms. The summed E-state index contributed by atoms with van der Waals surface area (Å²) in [7, 11) is 0. The van der Waals surface area contributed by atoms with Crippen LogP contribution in [0.25, 0.3) is 0 Å². The van der Waals surface area contributed by atoms with Gasteiger partial charge in [-0.3, -0.25) is 4.79 Å². The summed E-state index contributed by atoms with van der Waals surface area (Å²) in [6.45, 7) is 6.86.